The van der Waals surface area contributed by atoms with E-state index in [1.807, 2.05) is 19.9 Å². The van der Waals surface area contributed by atoms with Crippen LogP contribution in [0.25, 0.3) is 0 Å². The van der Waals surface area contributed by atoms with Crippen molar-refractivity contribution in [3.05, 3.63) is 24.0 Å². The van der Waals surface area contributed by atoms with Crippen molar-refractivity contribution in [2.24, 2.45) is 0 Å². The number of anilines is 1. The second-order valence-corrected chi connectivity index (χ2v) is 4.51. The van der Waals surface area contributed by atoms with Gasteiger partial charge in [0.25, 0.3) is 5.91 Å². The number of hydrogen-bond donors (Lipinski definition) is 2. The molecule has 4 heteroatoms. The first kappa shape index (κ1) is 13.5. The Morgan fingerprint density at radius 2 is 2.06 bits per heavy atom. The summed E-state index contributed by atoms with van der Waals surface area (Å²) in [5, 5.41) is 6.11. The normalized spacial score (nSPS) is 12.3. The molecule has 1 rings (SSSR count). The molecule has 1 aromatic heterocycles. The summed E-state index contributed by atoms with van der Waals surface area (Å²) in [6.07, 6.45) is 2.75. The molecule has 0 aliphatic rings. The highest BCUT2D eigenvalue weighted by Crippen LogP contribution is 2.09. The van der Waals surface area contributed by atoms with E-state index in [-0.39, 0.29) is 11.9 Å². The largest absolute Gasteiger partial charge is 0.381 e. The summed E-state index contributed by atoms with van der Waals surface area (Å²) < 4.78 is 0. The Balaban J connectivity index is 2.64. The maximum absolute atomic E-state index is 11.7. The molecule has 0 fully saturated rings. The average molecular weight is 235 g/mol. The van der Waals surface area contributed by atoms with Crippen molar-refractivity contribution >= 4 is 11.6 Å². The van der Waals surface area contributed by atoms with Crippen LogP contribution in [-0.4, -0.2) is 23.0 Å². The summed E-state index contributed by atoms with van der Waals surface area (Å²) in [5.41, 5.74) is 1.40. The first-order chi connectivity index (χ1) is 8.02. The van der Waals surface area contributed by atoms with Crippen molar-refractivity contribution in [2.75, 3.05) is 5.32 Å². The second-order valence-electron chi connectivity index (χ2n) is 4.51. The van der Waals surface area contributed by atoms with Gasteiger partial charge in [0.15, 0.2) is 0 Å². The molecule has 17 heavy (non-hydrogen) atoms. The summed E-state index contributed by atoms with van der Waals surface area (Å²) >= 11 is 0. The van der Waals surface area contributed by atoms with Gasteiger partial charge < -0.3 is 10.6 Å². The van der Waals surface area contributed by atoms with E-state index in [1.165, 1.54) is 0 Å². The molecule has 0 spiro atoms. The van der Waals surface area contributed by atoms with Gasteiger partial charge in [-0.15, -0.1) is 0 Å². The Labute approximate surface area is 103 Å². The average Bonchev–Trinajstić information content (AvgIpc) is 2.28. The summed E-state index contributed by atoms with van der Waals surface area (Å²) in [6.45, 7) is 8.09. The van der Waals surface area contributed by atoms with Crippen LogP contribution in [0.4, 0.5) is 5.69 Å². The molecule has 2 N–H and O–H groups in total. The SMILES string of the molecule is CCC(C)Nc1ccc(C(=O)NC(C)C)nc1. The van der Waals surface area contributed by atoms with E-state index in [1.54, 1.807) is 12.3 Å². The van der Waals surface area contributed by atoms with Crippen molar-refractivity contribution in [2.45, 2.75) is 46.2 Å². The fourth-order valence-corrected chi connectivity index (χ4v) is 1.34. The standard InChI is InChI=1S/C13H21N3O/c1-5-10(4)16-11-6-7-12(14-8-11)13(17)15-9(2)3/h6-10,16H,5H2,1-4H3,(H,15,17). The number of pyridine rings is 1. The number of carbonyl (C=O) groups excluding carboxylic acids is 1. The van der Waals surface area contributed by atoms with Gasteiger partial charge in [0.05, 0.1) is 11.9 Å². The molecule has 1 atom stereocenters. The number of nitrogens with one attached hydrogen (secondary N) is 2. The number of nitrogens with zero attached hydrogens (tertiary/aromatic N) is 1. The molecule has 1 heterocycles. The topological polar surface area (TPSA) is 54.0 Å². The molecule has 0 aliphatic heterocycles. The minimum atomic E-state index is -0.130. The van der Waals surface area contributed by atoms with Crippen molar-refractivity contribution < 1.29 is 4.79 Å². The zero-order valence-electron chi connectivity index (χ0n) is 10.9. The lowest BCUT2D eigenvalue weighted by atomic mass is 10.2. The van der Waals surface area contributed by atoms with Crippen LogP contribution in [0.3, 0.4) is 0 Å². The van der Waals surface area contributed by atoms with Gasteiger partial charge in [0, 0.05) is 12.1 Å². The number of carbonyl (C=O) groups is 1. The van der Waals surface area contributed by atoms with Crippen LogP contribution in [0, 0.1) is 0 Å². The quantitative estimate of drug-likeness (QED) is 0.824. The maximum atomic E-state index is 11.7. The Bertz CT molecular complexity index is 359. The Kier molecular flexibility index (Phi) is 4.94. The van der Waals surface area contributed by atoms with E-state index in [0.29, 0.717) is 11.7 Å². The van der Waals surface area contributed by atoms with E-state index >= 15 is 0 Å². The van der Waals surface area contributed by atoms with E-state index in [2.05, 4.69) is 29.5 Å². The molecular weight excluding hydrogens is 214 g/mol. The fourth-order valence-electron chi connectivity index (χ4n) is 1.34. The number of rotatable bonds is 5. The smallest absolute Gasteiger partial charge is 0.270 e. The van der Waals surface area contributed by atoms with Gasteiger partial charge in [0.1, 0.15) is 5.69 Å². The molecule has 1 amide bonds. The van der Waals surface area contributed by atoms with Gasteiger partial charge in [-0.05, 0) is 39.3 Å². The van der Waals surface area contributed by atoms with Crippen LogP contribution < -0.4 is 10.6 Å². The van der Waals surface area contributed by atoms with Crippen LogP contribution in [0.15, 0.2) is 18.3 Å². The molecule has 0 bridgehead atoms. The van der Waals surface area contributed by atoms with Gasteiger partial charge in [-0.25, -0.2) is 4.98 Å². The highest BCUT2D eigenvalue weighted by atomic mass is 16.1. The highest BCUT2D eigenvalue weighted by molar-refractivity contribution is 5.92. The van der Waals surface area contributed by atoms with Crippen molar-refractivity contribution in [1.29, 1.82) is 0 Å². The number of aromatic nitrogens is 1. The van der Waals surface area contributed by atoms with Crippen molar-refractivity contribution in [3.63, 3.8) is 0 Å². The molecule has 0 aromatic carbocycles. The molecule has 0 saturated heterocycles. The third kappa shape index (κ3) is 4.43. The summed E-state index contributed by atoms with van der Waals surface area (Å²) in [5.74, 6) is -0.130. The van der Waals surface area contributed by atoms with E-state index in [4.69, 9.17) is 0 Å². The summed E-state index contributed by atoms with van der Waals surface area (Å²) in [7, 11) is 0. The third-order valence-electron chi connectivity index (χ3n) is 2.44. The predicted molar refractivity (Wildman–Crippen MR) is 70.2 cm³/mol. The number of hydrogen-bond acceptors (Lipinski definition) is 3. The maximum Gasteiger partial charge on any atom is 0.270 e. The van der Waals surface area contributed by atoms with Crippen LogP contribution in [-0.2, 0) is 0 Å². The third-order valence-corrected chi connectivity index (χ3v) is 2.44. The van der Waals surface area contributed by atoms with Crippen LogP contribution in [0.5, 0.6) is 0 Å². The predicted octanol–water partition coefficient (Wildman–Crippen LogP) is 2.43. The van der Waals surface area contributed by atoms with Crippen molar-refractivity contribution in [1.82, 2.24) is 10.3 Å². The Morgan fingerprint density at radius 3 is 2.53 bits per heavy atom. The second kappa shape index (κ2) is 6.23. The minimum absolute atomic E-state index is 0.127. The zero-order chi connectivity index (χ0) is 12.8. The summed E-state index contributed by atoms with van der Waals surface area (Å²) in [4.78, 5) is 15.8. The molecule has 0 radical (unpaired) electrons. The molecule has 94 valence electrons. The van der Waals surface area contributed by atoms with E-state index in [0.717, 1.165) is 12.1 Å². The lowest BCUT2D eigenvalue weighted by Gasteiger charge is -2.13. The van der Waals surface area contributed by atoms with Crippen molar-refractivity contribution in [3.8, 4) is 0 Å². The molecule has 1 aromatic rings. The van der Waals surface area contributed by atoms with Gasteiger partial charge in [-0.1, -0.05) is 6.92 Å². The lowest BCUT2D eigenvalue weighted by Crippen LogP contribution is -2.30. The van der Waals surface area contributed by atoms with Gasteiger partial charge in [-0.2, -0.15) is 0 Å². The Morgan fingerprint density at radius 1 is 1.35 bits per heavy atom. The van der Waals surface area contributed by atoms with E-state index in [9.17, 15) is 4.79 Å². The molecule has 0 aliphatic carbocycles. The summed E-state index contributed by atoms with van der Waals surface area (Å²) in [6, 6.07) is 4.16. The van der Waals surface area contributed by atoms with Gasteiger partial charge in [-0.3, -0.25) is 4.79 Å². The van der Waals surface area contributed by atoms with Crippen LogP contribution in [0.2, 0.25) is 0 Å². The first-order valence-electron chi connectivity index (χ1n) is 6.06. The molecular formula is C13H21N3O. The monoisotopic (exact) mass is 235 g/mol. The minimum Gasteiger partial charge on any atom is -0.381 e. The van der Waals surface area contributed by atoms with E-state index < -0.39 is 0 Å². The zero-order valence-corrected chi connectivity index (χ0v) is 10.9. The highest BCUT2D eigenvalue weighted by Gasteiger charge is 2.08. The molecule has 0 saturated carbocycles. The Hall–Kier alpha value is -1.58. The van der Waals surface area contributed by atoms with Crippen LogP contribution in [0.1, 0.15) is 44.6 Å². The van der Waals surface area contributed by atoms with Gasteiger partial charge >= 0.3 is 0 Å². The lowest BCUT2D eigenvalue weighted by molar-refractivity contribution is 0.0938. The fraction of sp³-hybridized carbons (Fsp3) is 0.538. The molecule has 1 unspecified atom stereocenters. The first-order valence-corrected chi connectivity index (χ1v) is 6.06. The van der Waals surface area contributed by atoms with Gasteiger partial charge in [0.2, 0.25) is 0 Å². The van der Waals surface area contributed by atoms with Crippen LogP contribution >= 0.6 is 0 Å². The number of amides is 1. The molecule has 4 nitrogen and oxygen atoms in total.